The topological polar surface area (TPSA) is 97.0 Å². The summed E-state index contributed by atoms with van der Waals surface area (Å²) < 4.78 is 32.1. The van der Waals surface area contributed by atoms with Gasteiger partial charge in [-0.15, -0.1) is 0 Å². The van der Waals surface area contributed by atoms with Gasteiger partial charge in [-0.1, -0.05) is 35.5 Å². The average molecular weight is 408 g/mol. The molecule has 0 aliphatic carbocycles. The summed E-state index contributed by atoms with van der Waals surface area (Å²) in [4.78, 5) is 15.7. The van der Waals surface area contributed by atoms with Crippen molar-refractivity contribution < 1.29 is 22.6 Å². The molecule has 152 valence electrons. The van der Waals surface area contributed by atoms with E-state index in [9.17, 15) is 13.2 Å². The maximum absolute atomic E-state index is 12.4. The van der Waals surface area contributed by atoms with Gasteiger partial charge in [0, 0.05) is 18.5 Å². The van der Waals surface area contributed by atoms with Crippen molar-refractivity contribution in [3.05, 3.63) is 47.3 Å². The Labute approximate surface area is 165 Å². The highest BCUT2D eigenvalue weighted by Crippen LogP contribution is 2.18. The highest BCUT2D eigenvalue weighted by Gasteiger charge is 2.26. The molecule has 0 unspecified atom stereocenters. The first kappa shape index (κ1) is 20.5. The lowest BCUT2D eigenvalue weighted by molar-refractivity contribution is -0.917. The molecule has 1 aromatic heterocycles. The number of hydrogen-bond acceptors (Lipinski definition) is 5. The number of sulfonamides is 1. The van der Waals surface area contributed by atoms with Crippen molar-refractivity contribution >= 4 is 15.9 Å². The van der Waals surface area contributed by atoms with Crippen molar-refractivity contribution in [3.8, 4) is 0 Å². The van der Waals surface area contributed by atoms with Gasteiger partial charge in [0.1, 0.15) is 17.1 Å². The first-order valence-corrected chi connectivity index (χ1v) is 10.9. The minimum atomic E-state index is -3.73. The Morgan fingerprint density at radius 2 is 1.89 bits per heavy atom. The molecule has 1 fully saturated rings. The molecule has 1 aromatic carbocycles. The fourth-order valence-electron chi connectivity index (χ4n) is 3.51. The lowest BCUT2D eigenvalue weighted by Gasteiger charge is -2.32. The standard InChI is InChI=1S/C19H26N4O4S/c1-15-19(16(2)27-21-15)28(25,26)20-9-8-18(24)23-12-10-22(11-13-23)14-17-6-4-3-5-7-17/h3-7,20H,8-14H2,1-2H3/p+1. The van der Waals surface area contributed by atoms with Crippen molar-refractivity contribution in [1.82, 2.24) is 14.8 Å². The van der Waals surface area contributed by atoms with E-state index >= 15 is 0 Å². The zero-order chi connectivity index (χ0) is 20.1. The zero-order valence-corrected chi connectivity index (χ0v) is 17.1. The van der Waals surface area contributed by atoms with E-state index in [2.05, 4.69) is 22.0 Å². The number of nitrogens with one attached hydrogen (secondary N) is 2. The molecule has 2 heterocycles. The van der Waals surface area contributed by atoms with E-state index in [1.54, 1.807) is 13.8 Å². The molecule has 0 bridgehead atoms. The van der Waals surface area contributed by atoms with E-state index in [-0.39, 0.29) is 29.5 Å². The maximum Gasteiger partial charge on any atom is 0.245 e. The third-order valence-electron chi connectivity index (χ3n) is 4.99. The molecule has 1 aliphatic heterocycles. The van der Waals surface area contributed by atoms with Gasteiger partial charge in [-0.3, -0.25) is 4.79 Å². The minimum Gasteiger partial charge on any atom is -0.360 e. The summed E-state index contributed by atoms with van der Waals surface area (Å²) >= 11 is 0. The van der Waals surface area contributed by atoms with Crippen molar-refractivity contribution in [2.24, 2.45) is 0 Å². The Balaban J connectivity index is 1.44. The first-order chi connectivity index (χ1) is 13.4. The van der Waals surface area contributed by atoms with Gasteiger partial charge < -0.3 is 14.3 Å². The number of amides is 1. The van der Waals surface area contributed by atoms with E-state index in [0.29, 0.717) is 18.8 Å². The van der Waals surface area contributed by atoms with Crippen LogP contribution in [0.4, 0.5) is 0 Å². The van der Waals surface area contributed by atoms with Gasteiger partial charge in [0.2, 0.25) is 15.9 Å². The van der Waals surface area contributed by atoms with E-state index in [4.69, 9.17) is 4.52 Å². The fourth-order valence-corrected chi connectivity index (χ4v) is 4.87. The monoisotopic (exact) mass is 407 g/mol. The van der Waals surface area contributed by atoms with Gasteiger partial charge in [0.05, 0.1) is 26.2 Å². The Kier molecular flexibility index (Phi) is 6.48. The van der Waals surface area contributed by atoms with Crippen molar-refractivity contribution in [1.29, 1.82) is 0 Å². The largest absolute Gasteiger partial charge is 0.360 e. The van der Waals surface area contributed by atoms with Gasteiger partial charge >= 0.3 is 0 Å². The Hall–Kier alpha value is -2.23. The van der Waals surface area contributed by atoms with Gasteiger partial charge in [-0.2, -0.15) is 0 Å². The second-order valence-electron chi connectivity index (χ2n) is 7.09. The molecule has 8 nitrogen and oxygen atoms in total. The number of nitrogens with zero attached hydrogens (tertiary/aromatic N) is 2. The summed E-state index contributed by atoms with van der Waals surface area (Å²) in [5.74, 6) is 0.217. The first-order valence-electron chi connectivity index (χ1n) is 9.44. The number of carbonyl (C=O) groups is 1. The predicted molar refractivity (Wildman–Crippen MR) is 103 cm³/mol. The maximum atomic E-state index is 12.4. The third kappa shape index (κ3) is 4.98. The second kappa shape index (κ2) is 8.85. The lowest BCUT2D eigenvalue weighted by atomic mass is 10.2. The molecule has 1 amide bonds. The number of piperazine rings is 1. The van der Waals surface area contributed by atoms with Crippen LogP contribution in [0.5, 0.6) is 0 Å². The number of aromatic nitrogens is 1. The number of quaternary nitrogens is 1. The summed E-state index contributed by atoms with van der Waals surface area (Å²) in [7, 11) is -3.73. The molecule has 9 heteroatoms. The number of carbonyl (C=O) groups excluding carboxylic acids is 1. The highest BCUT2D eigenvalue weighted by molar-refractivity contribution is 7.89. The number of hydrogen-bond donors (Lipinski definition) is 2. The van der Waals surface area contributed by atoms with Crippen LogP contribution in [0.15, 0.2) is 39.8 Å². The predicted octanol–water partition coefficient (Wildman–Crippen LogP) is -0.113. The highest BCUT2D eigenvalue weighted by atomic mass is 32.2. The zero-order valence-electron chi connectivity index (χ0n) is 16.3. The van der Waals surface area contributed by atoms with Crippen molar-refractivity contribution in [2.75, 3.05) is 32.7 Å². The molecule has 28 heavy (non-hydrogen) atoms. The summed E-state index contributed by atoms with van der Waals surface area (Å²) in [6.07, 6.45) is 0.136. The van der Waals surface area contributed by atoms with Crippen LogP contribution < -0.4 is 9.62 Å². The molecule has 2 aromatic rings. The van der Waals surface area contributed by atoms with Crippen LogP contribution in [0.1, 0.15) is 23.4 Å². The smallest absolute Gasteiger partial charge is 0.245 e. The van der Waals surface area contributed by atoms with Crippen molar-refractivity contribution in [2.45, 2.75) is 31.7 Å². The average Bonchev–Trinajstić information content (AvgIpc) is 3.02. The molecule has 0 spiro atoms. The second-order valence-corrected chi connectivity index (χ2v) is 8.80. The molecule has 1 aliphatic rings. The van der Waals surface area contributed by atoms with Gasteiger partial charge in [-0.25, -0.2) is 13.1 Å². The summed E-state index contributed by atoms with van der Waals surface area (Å²) in [6.45, 7) is 7.32. The van der Waals surface area contributed by atoms with Crippen LogP contribution in [0.25, 0.3) is 0 Å². The molecule has 1 saturated heterocycles. The van der Waals surface area contributed by atoms with Crippen LogP contribution in [-0.4, -0.2) is 57.1 Å². The van der Waals surface area contributed by atoms with Crippen molar-refractivity contribution in [3.63, 3.8) is 0 Å². The lowest BCUT2D eigenvalue weighted by Crippen LogP contribution is -3.13. The number of rotatable bonds is 7. The molecule has 3 rings (SSSR count). The molecule has 0 radical (unpaired) electrons. The summed E-state index contributed by atoms with van der Waals surface area (Å²) in [5, 5.41) is 3.66. The van der Waals surface area contributed by atoms with Gasteiger partial charge in [0.15, 0.2) is 5.76 Å². The Morgan fingerprint density at radius 1 is 1.21 bits per heavy atom. The normalized spacial score (nSPS) is 15.7. The Morgan fingerprint density at radius 3 is 2.50 bits per heavy atom. The summed E-state index contributed by atoms with van der Waals surface area (Å²) in [5.41, 5.74) is 1.61. The van der Waals surface area contributed by atoms with Crippen LogP contribution >= 0.6 is 0 Å². The van der Waals surface area contributed by atoms with Crippen LogP contribution in [0.3, 0.4) is 0 Å². The third-order valence-corrected chi connectivity index (χ3v) is 6.69. The molecule has 0 saturated carbocycles. The minimum absolute atomic E-state index is 0.0276. The molecule has 2 N–H and O–H groups in total. The Bertz CT molecular complexity index is 884. The van der Waals surface area contributed by atoms with E-state index in [1.807, 2.05) is 23.1 Å². The fraction of sp³-hybridized carbons (Fsp3) is 0.474. The molecule has 0 atom stereocenters. The summed E-state index contributed by atoms with van der Waals surface area (Å²) in [6, 6.07) is 10.3. The van der Waals surface area contributed by atoms with Gasteiger partial charge in [-0.05, 0) is 13.8 Å². The number of benzene rings is 1. The van der Waals surface area contributed by atoms with E-state index < -0.39 is 10.0 Å². The SMILES string of the molecule is Cc1noc(C)c1S(=O)(=O)NCCC(=O)N1CC[NH+](Cc2ccccc2)CC1. The quantitative estimate of drug-likeness (QED) is 0.667. The van der Waals surface area contributed by atoms with Crippen LogP contribution in [0, 0.1) is 13.8 Å². The molecular weight excluding hydrogens is 380 g/mol. The molecular formula is C19H27N4O4S+. The van der Waals surface area contributed by atoms with E-state index in [1.165, 1.54) is 10.5 Å². The number of aryl methyl sites for hydroxylation is 2. The van der Waals surface area contributed by atoms with E-state index in [0.717, 1.165) is 19.6 Å². The van der Waals surface area contributed by atoms with Crippen LogP contribution in [-0.2, 0) is 21.4 Å². The van der Waals surface area contributed by atoms with Gasteiger partial charge in [0.25, 0.3) is 0 Å². The van der Waals surface area contributed by atoms with Crippen LogP contribution in [0.2, 0.25) is 0 Å².